The average Bonchev–Trinajstić information content (AvgIpc) is 2.50. The van der Waals surface area contributed by atoms with Crippen LogP contribution in [-0.4, -0.2) is 25.0 Å². The van der Waals surface area contributed by atoms with E-state index in [0.29, 0.717) is 6.54 Å². The lowest BCUT2D eigenvalue weighted by atomic mass is 9.78. The SMILES string of the molecule is Cc1ccc(NC(=O)C[NH+]2CCC[C@@H]3CCCC[C@@H]32)c(Br)c1. The first-order valence-electron chi connectivity index (χ1n) is 8.54. The van der Waals surface area contributed by atoms with Gasteiger partial charge in [0.2, 0.25) is 0 Å². The number of carbonyl (C=O) groups is 1. The highest BCUT2D eigenvalue weighted by Gasteiger charge is 2.37. The van der Waals surface area contributed by atoms with Crippen molar-refractivity contribution in [2.45, 2.75) is 51.5 Å². The third-order valence-electron chi connectivity index (χ3n) is 5.29. The van der Waals surface area contributed by atoms with Gasteiger partial charge in [-0.3, -0.25) is 4.79 Å². The largest absolute Gasteiger partial charge is 0.324 e. The first kappa shape index (κ1) is 16.0. The number of benzene rings is 1. The Morgan fingerprint density at radius 3 is 2.86 bits per heavy atom. The summed E-state index contributed by atoms with van der Waals surface area (Å²) in [5.74, 6) is 1.00. The number of halogens is 1. The molecule has 0 spiro atoms. The second kappa shape index (κ2) is 7.14. The molecule has 2 aliphatic rings. The Bertz CT molecular complexity index is 544. The van der Waals surface area contributed by atoms with E-state index in [2.05, 4.69) is 28.2 Å². The van der Waals surface area contributed by atoms with E-state index in [1.807, 2.05) is 18.2 Å². The van der Waals surface area contributed by atoms with Crippen molar-refractivity contribution in [1.82, 2.24) is 0 Å². The van der Waals surface area contributed by atoms with Gasteiger partial charge in [-0.25, -0.2) is 0 Å². The number of aryl methyl sites for hydroxylation is 1. The van der Waals surface area contributed by atoms with Gasteiger partial charge in [0.25, 0.3) is 5.91 Å². The Morgan fingerprint density at radius 2 is 2.05 bits per heavy atom. The van der Waals surface area contributed by atoms with E-state index in [4.69, 9.17) is 0 Å². The minimum absolute atomic E-state index is 0.144. The van der Waals surface area contributed by atoms with Crippen LogP contribution in [0.2, 0.25) is 0 Å². The highest BCUT2D eigenvalue weighted by molar-refractivity contribution is 9.10. The number of fused-ring (bicyclic) bond motifs is 1. The van der Waals surface area contributed by atoms with Crippen LogP contribution >= 0.6 is 15.9 Å². The topological polar surface area (TPSA) is 33.5 Å². The summed E-state index contributed by atoms with van der Waals surface area (Å²) in [6.07, 6.45) is 8.06. The number of nitrogens with one attached hydrogen (secondary N) is 2. The molecule has 1 aliphatic heterocycles. The van der Waals surface area contributed by atoms with E-state index >= 15 is 0 Å². The fourth-order valence-electron chi connectivity index (χ4n) is 4.21. The fourth-order valence-corrected chi connectivity index (χ4v) is 4.80. The molecule has 1 saturated heterocycles. The molecule has 4 heteroatoms. The molecule has 3 atom stereocenters. The molecule has 0 bridgehead atoms. The van der Waals surface area contributed by atoms with Gasteiger partial charge in [-0.05, 0) is 72.7 Å². The number of hydrogen-bond acceptors (Lipinski definition) is 1. The molecule has 1 unspecified atom stereocenters. The van der Waals surface area contributed by atoms with Crippen LogP contribution in [0.1, 0.15) is 44.1 Å². The minimum Gasteiger partial charge on any atom is -0.324 e. The zero-order chi connectivity index (χ0) is 15.5. The lowest BCUT2D eigenvalue weighted by Gasteiger charge is -2.40. The van der Waals surface area contributed by atoms with Gasteiger partial charge in [0, 0.05) is 10.4 Å². The van der Waals surface area contributed by atoms with E-state index in [9.17, 15) is 4.79 Å². The second-order valence-corrected chi connectivity index (χ2v) is 7.76. The minimum atomic E-state index is 0.144. The van der Waals surface area contributed by atoms with Gasteiger partial charge in [0.15, 0.2) is 6.54 Å². The van der Waals surface area contributed by atoms with Crippen LogP contribution in [0.15, 0.2) is 22.7 Å². The summed E-state index contributed by atoms with van der Waals surface area (Å²) < 4.78 is 0.963. The quantitative estimate of drug-likeness (QED) is 0.848. The van der Waals surface area contributed by atoms with Crippen LogP contribution in [0, 0.1) is 12.8 Å². The summed E-state index contributed by atoms with van der Waals surface area (Å²) in [5, 5.41) is 3.07. The number of hydrogen-bond donors (Lipinski definition) is 2. The van der Waals surface area contributed by atoms with Gasteiger partial charge >= 0.3 is 0 Å². The van der Waals surface area contributed by atoms with E-state index in [0.717, 1.165) is 28.7 Å². The van der Waals surface area contributed by atoms with Crippen molar-refractivity contribution in [3.63, 3.8) is 0 Å². The van der Waals surface area contributed by atoms with Gasteiger partial charge in [-0.2, -0.15) is 0 Å². The molecule has 1 amide bonds. The summed E-state index contributed by atoms with van der Waals surface area (Å²) in [5.41, 5.74) is 2.07. The number of rotatable bonds is 3. The number of anilines is 1. The predicted molar refractivity (Wildman–Crippen MR) is 93.2 cm³/mol. The van der Waals surface area contributed by atoms with Crippen LogP contribution in [0.3, 0.4) is 0 Å². The summed E-state index contributed by atoms with van der Waals surface area (Å²) in [6, 6.07) is 6.77. The van der Waals surface area contributed by atoms with Crippen molar-refractivity contribution < 1.29 is 9.69 Å². The molecule has 1 aromatic rings. The molecule has 2 fully saturated rings. The fraction of sp³-hybridized carbons (Fsp3) is 0.611. The van der Waals surface area contributed by atoms with Crippen molar-refractivity contribution in [3.8, 4) is 0 Å². The van der Waals surface area contributed by atoms with Crippen molar-refractivity contribution in [2.24, 2.45) is 5.92 Å². The maximum absolute atomic E-state index is 12.4. The smallest absolute Gasteiger partial charge is 0.279 e. The van der Waals surface area contributed by atoms with Gasteiger partial charge < -0.3 is 10.2 Å². The average molecular weight is 366 g/mol. The lowest BCUT2D eigenvalue weighted by molar-refractivity contribution is -0.928. The van der Waals surface area contributed by atoms with Gasteiger partial charge in [0.05, 0.1) is 18.3 Å². The van der Waals surface area contributed by atoms with E-state index in [1.54, 1.807) is 0 Å². The molecule has 22 heavy (non-hydrogen) atoms. The molecule has 0 radical (unpaired) electrons. The molecule has 3 rings (SSSR count). The van der Waals surface area contributed by atoms with E-state index in [-0.39, 0.29) is 5.91 Å². The van der Waals surface area contributed by atoms with Gasteiger partial charge in [0.1, 0.15) is 0 Å². The Hall–Kier alpha value is -0.870. The maximum Gasteiger partial charge on any atom is 0.279 e. The summed E-state index contributed by atoms with van der Waals surface area (Å²) in [4.78, 5) is 14.0. The van der Waals surface area contributed by atoms with Crippen molar-refractivity contribution in [1.29, 1.82) is 0 Å². The number of likely N-dealkylation sites (tertiary alicyclic amines) is 1. The summed E-state index contributed by atoms with van der Waals surface area (Å²) >= 11 is 3.53. The molecule has 1 saturated carbocycles. The Morgan fingerprint density at radius 1 is 1.27 bits per heavy atom. The van der Waals surface area contributed by atoms with Crippen LogP contribution in [0.4, 0.5) is 5.69 Å². The normalized spacial score (nSPS) is 28.0. The zero-order valence-corrected chi connectivity index (χ0v) is 14.9. The van der Waals surface area contributed by atoms with Crippen LogP contribution < -0.4 is 10.2 Å². The molecular formula is C18H26BrN2O+. The molecule has 1 heterocycles. The zero-order valence-electron chi connectivity index (χ0n) is 13.3. The van der Waals surface area contributed by atoms with Crippen LogP contribution in [0.25, 0.3) is 0 Å². The first-order chi connectivity index (χ1) is 10.6. The second-order valence-electron chi connectivity index (χ2n) is 6.91. The third kappa shape index (κ3) is 3.72. The molecule has 3 nitrogen and oxygen atoms in total. The highest BCUT2D eigenvalue weighted by atomic mass is 79.9. The van der Waals surface area contributed by atoms with Crippen LogP contribution in [0.5, 0.6) is 0 Å². The summed E-state index contributed by atoms with van der Waals surface area (Å²) in [7, 11) is 0. The van der Waals surface area contributed by atoms with Crippen LogP contribution in [-0.2, 0) is 4.79 Å². The third-order valence-corrected chi connectivity index (χ3v) is 5.95. The van der Waals surface area contributed by atoms with Gasteiger partial charge in [-0.15, -0.1) is 0 Å². The van der Waals surface area contributed by atoms with Crippen molar-refractivity contribution in [3.05, 3.63) is 28.2 Å². The molecule has 0 aromatic heterocycles. The number of quaternary nitrogens is 1. The Labute approximate surface area is 141 Å². The Kier molecular flexibility index (Phi) is 5.19. The maximum atomic E-state index is 12.4. The molecular weight excluding hydrogens is 340 g/mol. The van der Waals surface area contributed by atoms with E-state index < -0.39 is 0 Å². The molecule has 1 aromatic carbocycles. The standard InChI is InChI=1S/C18H25BrN2O/c1-13-8-9-16(15(19)11-13)20-18(22)12-21-10-4-6-14-5-2-3-7-17(14)21/h8-9,11,14,17H,2-7,10,12H2,1H3,(H,20,22)/p+1/t14-,17-/m0/s1. The van der Waals surface area contributed by atoms with Crippen molar-refractivity contribution >= 4 is 27.5 Å². The highest BCUT2D eigenvalue weighted by Crippen LogP contribution is 2.28. The van der Waals surface area contributed by atoms with Crippen molar-refractivity contribution in [2.75, 3.05) is 18.4 Å². The molecule has 2 N–H and O–H groups in total. The first-order valence-corrected chi connectivity index (χ1v) is 9.33. The number of carbonyl (C=O) groups excluding carboxylic acids is 1. The van der Waals surface area contributed by atoms with Gasteiger partial charge in [-0.1, -0.05) is 12.5 Å². The lowest BCUT2D eigenvalue weighted by Crippen LogP contribution is -3.18. The molecule has 120 valence electrons. The summed E-state index contributed by atoms with van der Waals surface area (Å²) in [6.45, 7) is 3.82. The number of amides is 1. The Balaban J connectivity index is 1.61. The monoisotopic (exact) mass is 365 g/mol. The predicted octanol–water partition coefficient (Wildman–Crippen LogP) is 2.93. The van der Waals surface area contributed by atoms with E-state index in [1.165, 1.54) is 49.0 Å². The number of piperidine rings is 1. The molecule has 1 aliphatic carbocycles.